The Morgan fingerprint density at radius 1 is 1.08 bits per heavy atom. The third-order valence-electron chi connectivity index (χ3n) is 5.32. The van der Waals surface area contributed by atoms with Gasteiger partial charge >= 0.3 is 0 Å². The summed E-state index contributed by atoms with van der Waals surface area (Å²) < 4.78 is 11.2. The van der Waals surface area contributed by atoms with E-state index in [0.29, 0.717) is 11.4 Å². The summed E-state index contributed by atoms with van der Waals surface area (Å²) in [7, 11) is 0. The van der Waals surface area contributed by atoms with Gasteiger partial charge in [-0.05, 0) is 25.3 Å². The molecule has 2 saturated heterocycles. The maximum Gasteiger partial charge on any atom is 0.255 e. The molecule has 0 aromatic carbocycles. The average Bonchev–Trinajstić information content (AvgIpc) is 3.49. The third kappa shape index (κ3) is 4.30. The second-order valence-electron chi connectivity index (χ2n) is 7.23. The van der Waals surface area contributed by atoms with Gasteiger partial charge in [0.15, 0.2) is 0 Å². The van der Waals surface area contributed by atoms with Crippen molar-refractivity contribution in [3.63, 3.8) is 0 Å². The van der Waals surface area contributed by atoms with Crippen LogP contribution in [0.15, 0.2) is 18.3 Å². The van der Waals surface area contributed by atoms with Crippen LogP contribution < -0.4 is 4.74 Å². The average molecular weight is 345 g/mol. The molecule has 0 bridgehead atoms. The van der Waals surface area contributed by atoms with Crippen LogP contribution in [-0.4, -0.2) is 72.2 Å². The Kier molecular flexibility index (Phi) is 5.17. The van der Waals surface area contributed by atoms with E-state index in [9.17, 15) is 4.79 Å². The smallest absolute Gasteiger partial charge is 0.255 e. The van der Waals surface area contributed by atoms with Crippen molar-refractivity contribution in [3.8, 4) is 5.88 Å². The lowest BCUT2D eigenvalue weighted by molar-refractivity contribution is 0.0237. The van der Waals surface area contributed by atoms with Crippen LogP contribution in [0.3, 0.4) is 0 Å². The van der Waals surface area contributed by atoms with Gasteiger partial charge in [-0.2, -0.15) is 0 Å². The van der Waals surface area contributed by atoms with E-state index in [1.807, 2.05) is 17.0 Å². The number of carbonyl (C=O) groups excluding carboxylic acids is 1. The number of ether oxygens (including phenoxy) is 2. The highest BCUT2D eigenvalue weighted by atomic mass is 16.5. The molecule has 0 unspecified atom stereocenters. The molecule has 3 aliphatic rings. The summed E-state index contributed by atoms with van der Waals surface area (Å²) in [6.45, 7) is 5.25. The molecule has 0 N–H and O–H groups in total. The van der Waals surface area contributed by atoms with Crippen molar-refractivity contribution in [1.82, 2.24) is 14.8 Å². The molecule has 6 nitrogen and oxygen atoms in total. The number of pyridine rings is 1. The lowest BCUT2D eigenvalue weighted by atomic mass is 10.1. The highest BCUT2D eigenvalue weighted by Gasteiger charge is 2.31. The number of aromatic nitrogens is 1. The topological polar surface area (TPSA) is 54.9 Å². The minimum Gasteiger partial charge on any atom is -0.474 e. The van der Waals surface area contributed by atoms with Crippen molar-refractivity contribution in [2.45, 2.75) is 44.2 Å². The van der Waals surface area contributed by atoms with Crippen molar-refractivity contribution < 1.29 is 14.3 Å². The van der Waals surface area contributed by atoms with E-state index in [4.69, 9.17) is 9.47 Å². The minimum atomic E-state index is 0.0859. The van der Waals surface area contributed by atoms with Crippen LogP contribution in [0, 0.1) is 0 Å². The van der Waals surface area contributed by atoms with Crippen LogP contribution >= 0.6 is 0 Å². The van der Waals surface area contributed by atoms with E-state index in [2.05, 4.69) is 9.88 Å². The molecule has 3 heterocycles. The Hall–Kier alpha value is -1.66. The van der Waals surface area contributed by atoms with E-state index in [1.165, 1.54) is 12.8 Å². The van der Waals surface area contributed by atoms with E-state index >= 15 is 0 Å². The fourth-order valence-corrected chi connectivity index (χ4v) is 3.67. The van der Waals surface area contributed by atoms with Crippen molar-refractivity contribution in [1.29, 1.82) is 0 Å². The monoisotopic (exact) mass is 345 g/mol. The summed E-state index contributed by atoms with van der Waals surface area (Å²) >= 11 is 0. The zero-order valence-electron chi connectivity index (χ0n) is 14.7. The Labute approximate surface area is 149 Å². The van der Waals surface area contributed by atoms with Gasteiger partial charge in [-0.15, -0.1) is 0 Å². The molecule has 2 aliphatic heterocycles. The standard InChI is InChI=1S/C19H27N3O3/c23-19(22-9-1-8-21(10-11-22)16-3-4-16)15-2-5-18(20-14-15)25-17-6-12-24-13-7-17/h2,5,14,16-17H,1,3-4,6-13H2. The van der Waals surface area contributed by atoms with Crippen LogP contribution in [0.1, 0.15) is 42.5 Å². The lowest BCUT2D eigenvalue weighted by Crippen LogP contribution is -2.35. The highest BCUT2D eigenvalue weighted by Crippen LogP contribution is 2.27. The fourth-order valence-electron chi connectivity index (χ4n) is 3.67. The molecular formula is C19H27N3O3. The molecule has 0 radical (unpaired) electrons. The summed E-state index contributed by atoms with van der Waals surface area (Å²) in [6, 6.07) is 4.43. The van der Waals surface area contributed by atoms with E-state index in [-0.39, 0.29) is 12.0 Å². The van der Waals surface area contributed by atoms with Gasteiger partial charge in [-0.3, -0.25) is 9.69 Å². The zero-order valence-corrected chi connectivity index (χ0v) is 14.7. The first kappa shape index (κ1) is 16.8. The molecular weight excluding hydrogens is 318 g/mol. The van der Waals surface area contributed by atoms with Gasteiger partial charge in [0.1, 0.15) is 6.10 Å². The molecule has 1 aromatic rings. The van der Waals surface area contributed by atoms with E-state index in [1.54, 1.807) is 6.20 Å². The lowest BCUT2D eigenvalue weighted by Gasteiger charge is -2.23. The number of nitrogens with zero attached hydrogens (tertiary/aromatic N) is 3. The molecule has 4 rings (SSSR count). The molecule has 6 heteroatoms. The number of amides is 1. The first-order valence-corrected chi connectivity index (χ1v) is 9.53. The summed E-state index contributed by atoms with van der Waals surface area (Å²) in [5, 5.41) is 0. The predicted molar refractivity (Wildman–Crippen MR) is 93.8 cm³/mol. The molecule has 1 aliphatic carbocycles. The quantitative estimate of drug-likeness (QED) is 0.835. The van der Waals surface area contributed by atoms with Crippen molar-refractivity contribution >= 4 is 5.91 Å². The van der Waals surface area contributed by atoms with Gasteiger partial charge < -0.3 is 14.4 Å². The number of hydrogen-bond acceptors (Lipinski definition) is 5. The Morgan fingerprint density at radius 2 is 1.92 bits per heavy atom. The maximum absolute atomic E-state index is 12.8. The van der Waals surface area contributed by atoms with Crippen LogP contribution in [0.4, 0.5) is 0 Å². The first-order chi connectivity index (χ1) is 12.3. The zero-order chi connectivity index (χ0) is 17.1. The van der Waals surface area contributed by atoms with E-state index in [0.717, 1.165) is 64.7 Å². The second-order valence-corrected chi connectivity index (χ2v) is 7.23. The van der Waals surface area contributed by atoms with Gasteiger partial charge in [0, 0.05) is 57.3 Å². The molecule has 25 heavy (non-hydrogen) atoms. The Bertz CT molecular complexity index is 582. The normalized spacial score (nSPS) is 23.3. The molecule has 1 aromatic heterocycles. The van der Waals surface area contributed by atoms with Crippen LogP contribution in [0.5, 0.6) is 5.88 Å². The van der Waals surface area contributed by atoms with Gasteiger partial charge in [0.05, 0.1) is 18.8 Å². The highest BCUT2D eigenvalue weighted by molar-refractivity contribution is 5.94. The number of carbonyl (C=O) groups is 1. The molecule has 1 amide bonds. The van der Waals surface area contributed by atoms with Crippen LogP contribution in [0.25, 0.3) is 0 Å². The molecule has 0 spiro atoms. The summed E-state index contributed by atoms with van der Waals surface area (Å²) in [5.41, 5.74) is 0.652. The van der Waals surface area contributed by atoms with Crippen molar-refractivity contribution in [3.05, 3.63) is 23.9 Å². The summed E-state index contributed by atoms with van der Waals surface area (Å²) in [4.78, 5) is 21.6. The number of rotatable bonds is 4. The summed E-state index contributed by atoms with van der Waals surface area (Å²) in [6.07, 6.45) is 7.32. The van der Waals surface area contributed by atoms with Gasteiger partial charge in [0.25, 0.3) is 5.91 Å². The fraction of sp³-hybridized carbons (Fsp3) is 0.684. The minimum absolute atomic E-state index is 0.0859. The Morgan fingerprint density at radius 3 is 2.64 bits per heavy atom. The van der Waals surface area contributed by atoms with Gasteiger partial charge in [-0.1, -0.05) is 0 Å². The largest absolute Gasteiger partial charge is 0.474 e. The first-order valence-electron chi connectivity index (χ1n) is 9.53. The SMILES string of the molecule is O=C(c1ccc(OC2CCOCC2)nc1)N1CCCN(C2CC2)CC1. The molecule has 0 atom stereocenters. The molecule has 1 saturated carbocycles. The van der Waals surface area contributed by atoms with Gasteiger partial charge in [-0.25, -0.2) is 4.98 Å². The van der Waals surface area contributed by atoms with Crippen molar-refractivity contribution in [2.24, 2.45) is 0 Å². The van der Waals surface area contributed by atoms with Crippen LogP contribution in [-0.2, 0) is 4.74 Å². The second kappa shape index (κ2) is 7.70. The Balaban J connectivity index is 1.33. The number of hydrogen-bond donors (Lipinski definition) is 0. The molecule has 136 valence electrons. The third-order valence-corrected chi connectivity index (χ3v) is 5.32. The van der Waals surface area contributed by atoms with E-state index < -0.39 is 0 Å². The maximum atomic E-state index is 12.8. The predicted octanol–water partition coefficient (Wildman–Crippen LogP) is 1.95. The molecule has 3 fully saturated rings. The van der Waals surface area contributed by atoms with Gasteiger partial charge in [0.2, 0.25) is 5.88 Å². The van der Waals surface area contributed by atoms with Crippen molar-refractivity contribution in [2.75, 3.05) is 39.4 Å². The summed E-state index contributed by atoms with van der Waals surface area (Å²) in [5.74, 6) is 0.682. The van der Waals surface area contributed by atoms with Crippen LogP contribution in [0.2, 0.25) is 0 Å².